The van der Waals surface area contributed by atoms with Crippen molar-refractivity contribution < 1.29 is 52.6 Å². The van der Waals surface area contributed by atoms with Crippen LogP contribution in [0.1, 0.15) is 119 Å². The lowest BCUT2D eigenvalue weighted by Gasteiger charge is -2.40. The molecule has 24 nitrogen and oxygen atoms in total. The third-order valence-electron chi connectivity index (χ3n) is 16.1. The molecule has 4 aromatic heterocycles. The van der Waals surface area contributed by atoms with E-state index in [9.17, 15) is 19.5 Å². The molecule has 87 heavy (non-hydrogen) atoms. The topological polar surface area (TPSA) is 243 Å². The number of ether oxygens (including phenoxy) is 8. The van der Waals surface area contributed by atoms with Crippen LogP contribution in [0.5, 0.6) is 0 Å². The number of amides is 2. The number of nitrogens with one attached hydrogen (secondary N) is 2. The van der Waals surface area contributed by atoms with Gasteiger partial charge in [-0.3, -0.25) is 14.6 Å². The van der Waals surface area contributed by atoms with E-state index in [1.807, 2.05) is 54.7 Å². The molecule has 24 heteroatoms. The van der Waals surface area contributed by atoms with E-state index >= 15 is 0 Å². The summed E-state index contributed by atoms with van der Waals surface area (Å²) in [7, 11) is 0. The predicted molar refractivity (Wildman–Crippen MR) is 330 cm³/mol. The summed E-state index contributed by atoms with van der Waals surface area (Å²) in [6.07, 6.45) is 13.2. The standard InChI is InChI=1S/C63H92N12O12/c1-6-49-43-66-75-55(40-56(68-59(49)75)73-19-8-7-9-53(73)18-26-76)64-41-48-12-17-57(77)72(44-48)24-27-80-29-31-82-33-35-84-37-38-85-36-34-83-32-30-81-28-25-74-58-52(45-86-62(74)79)42-65-60(69-58)67-46(2)50-13-15-51(16-14-50)54(39-47-10-11-47)70-20-22-71(23-21-70)61(78)87-63(3,4)5/h12-17,40,42-44,46-47,53-54,64,76H,6-11,18-39,41,45H2,1-5H3,(H,65,67,69)/t46-,53-,54-/m0/s1. The molecule has 1 aliphatic carbocycles. The number of aliphatic hydroxyl groups excluding tert-OH is 1. The Morgan fingerprint density at radius 3 is 2.08 bits per heavy atom. The van der Waals surface area contributed by atoms with Gasteiger partial charge in [-0.2, -0.15) is 14.6 Å². The second-order valence-electron chi connectivity index (χ2n) is 23.7. The van der Waals surface area contributed by atoms with E-state index in [0.717, 1.165) is 91.6 Å². The third kappa shape index (κ3) is 19.2. The van der Waals surface area contributed by atoms with E-state index in [-0.39, 0.29) is 56.1 Å². The van der Waals surface area contributed by atoms with Gasteiger partial charge in [-0.1, -0.05) is 50.1 Å². The summed E-state index contributed by atoms with van der Waals surface area (Å²) >= 11 is 0. The number of nitrogens with zero attached hydrogens (tertiary/aromatic N) is 10. The van der Waals surface area contributed by atoms with Gasteiger partial charge in [-0.25, -0.2) is 19.6 Å². The van der Waals surface area contributed by atoms with Gasteiger partial charge >= 0.3 is 12.2 Å². The molecule has 1 aromatic carbocycles. The Hall–Kier alpha value is -6.51. The van der Waals surface area contributed by atoms with Crippen molar-refractivity contribution in [3.63, 3.8) is 0 Å². The van der Waals surface area contributed by atoms with Crippen LogP contribution < -0.4 is 26.0 Å². The molecule has 3 atom stereocenters. The molecule has 0 bridgehead atoms. The lowest BCUT2D eigenvalue weighted by Crippen LogP contribution is -2.50. The van der Waals surface area contributed by atoms with E-state index < -0.39 is 11.7 Å². The number of rotatable bonds is 35. The number of benzene rings is 1. The van der Waals surface area contributed by atoms with Crippen molar-refractivity contribution in [2.45, 2.75) is 129 Å². The maximum Gasteiger partial charge on any atom is 0.415 e. The minimum absolute atomic E-state index is 0.0971. The fraction of sp³-hybridized carbons (Fsp3) is 0.635. The smallest absolute Gasteiger partial charge is 0.415 e. The Labute approximate surface area is 511 Å². The number of aliphatic hydroxyl groups is 1. The highest BCUT2D eigenvalue weighted by molar-refractivity contribution is 5.89. The molecule has 3 fully saturated rings. The predicted octanol–water partition coefficient (Wildman–Crippen LogP) is 7.42. The van der Waals surface area contributed by atoms with Gasteiger partial charge in [0.05, 0.1) is 104 Å². The quantitative estimate of drug-likeness (QED) is 0.0334. The van der Waals surface area contributed by atoms with Crippen molar-refractivity contribution in [1.29, 1.82) is 0 Å². The molecule has 5 aromatic rings. The van der Waals surface area contributed by atoms with Crippen LogP contribution in [0.4, 0.5) is 33.0 Å². The SMILES string of the molecule is CCc1cnn2c(NCc3ccc(=O)n(CCOCCOCCOCCOCCOCCOCCN4C(=O)OCc5cnc(N[C@@H](C)c6ccc([C@H](CC7CC7)N7CCN(C(=O)OC(C)(C)C)CC7)cc6)nc54)c3)cc(N3CCCC[C@H]3CCO)nc12. The van der Waals surface area contributed by atoms with Crippen molar-refractivity contribution in [2.75, 3.05) is 146 Å². The molecule has 0 radical (unpaired) electrons. The molecule has 2 amide bonds. The average Bonchev–Trinajstić information content (AvgIpc) is 2.70. The first-order valence-electron chi connectivity index (χ1n) is 31.4. The summed E-state index contributed by atoms with van der Waals surface area (Å²) < 4.78 is 48.8. The first-order valence-corrected chi connectivity index (χ1v) is 31.4. The normalized spacial score (nSPS) is 17.3. The second-order valence-corrected chi connectivity index (χ2v) is 23.7. The minimum atomic E-state index is -0.514. The van der Waals surface area contributed by atoms with E-state index in [2.05, 4.69) is 68.6 Å². The van der Waals surface area contributed by atoms with Crippen molar-refractivity contribution in [2.24, 2.45) is 5.92 Å². The van der Waals surface area contributed by atoms with Crippen LogP contribution >= 0.6 is 0 Å². The number of hydrogen-bond acceptors (Lipinski definition) is 20. The average molecular weight is 1210 g/mol. The Morgan fingerprint density at radius 2 is 1.44 bits per heavy atom. The Kier molecular flexibility index (Phi) is 24.4. The monoisotopic (exact) mass is 1210 g/mol. The summed E-state index contributed by atoms with van der Waals surface area (Å²) in [5.74, 6) is 3.36. The highest BCUT2D eigenvalue weighted by Gasteiger charge is 2.34. The number of piperidine rings is 1. The molecule has 3 N–H and O–H groups in total. The van der Waals surface area contributed by atoms with Gasteiger partial charge < -0.3 is 68.0 Å². The first kappa shape index (κ1) is 64.9. The molecule has 2 saturated heterocycles. The number of pyridine rings is 1. The zero-order valence-corrected chi connectivity index (χ0v) is 51.7. The number of aryl methyl sites for hydroxylation is 1. The maximum atomic E-state index is 12.9. The van der Waals surface area contributed by atoms with Gasteiger partial charge in [0.25, 0.3) is 5.56 Å². The van der Waals surface area contributed by atoms with Crippen LogP contribution in [0.25, 0.3) is 5.65 Å². The van der Waals surface area contributed by atoms with Crippen molar-refractivity contribution in [1.82, 2.24) is 38.9 Å². The number of carbonyl (C=O) groups excluding carboxylic acids is 2. The van der Waals surface area contributed by atoms with Gasteiger partial charge in [-0.15, -0.1) is 0 Å². The molecular weight excluding hydrogens is 1120 g/mol. The van der Waals surface area contributed by atoms with Crippen LogP contribution in [0.3, 0.4) is 0 Å². The molecular formula is C63H92N12O12. The molecule has 476 valence electrons. The summed E-state index contributed by atoms with van der Waals surface area (Å²) in [6.45, 7) is 19.7. The Bertz CT molecular complexity index is 3000. The minimum Gasteiger partial charge on any atom is -0.444 e. The summed E-state index contributed by atoms with van der Waals surface area (Å²) in [6, 6.07) is 14.7. The van der Waals surface area contributed by atoms with E-state index in [1.54, 1.807) is 16.8 Å². The molecule has 4 aliphatic rings. The van der Waals surface area contributed by atoms with Crippen LogP contribution in [-0.4, -0.2) is 193 Å². The van der Waals surface area contributed by atoms with Gasteiger partial charge in [-0.05, 0) is 88.8 Å². The highest BCUT2D eigenvalue weighted by atomic mass is 16.6. The zero-order valence-electron chi connectivity index (χ0n) is 51.7. The number of carbonyl (C=O) groups is 2. The summed E-state index contributed by atoms with van der Waals surface area (Å²) in [5, 5.41) is 21.4. The fourth-order valence-corrected chi connectivity index (χ4v) is 11.1. The second kappa shape index (κ2) is 32.6. The van der Waals surface area contributed by atoms with Crippen molar-refractivity contribution in [3.05, 3.63) is 99.2 Å². The lowest BCUT2D eigenvalue weighted by atomic mass is 9.96. The van der Waals surface area contributed by atoms with E-state index in [0.29, 0.717) is 123 Å². The molecule has 3 aliphatic heterocycles. The van der Waals surface area contributed by atoms with Gasteiger partial charge in [0.15, 0.2) is 5.65 Å². The van der Waals surface area contributed by atoms with E-state index in [1.165, 1.54) is 23.3 Å². The van der Waals surface area contributed by atoms with Gasteiger partial charge in [0, 0.05) is 94.6 Å². The molecule has 7 heterocycles. The number of piperazine rings is 1. The van der Waals surface area contributed by atoms with Gasteiger partial charge in [0.2, 0.25) is 5.95 Å². The first-order chi connectivity index (χ1) is 42.3. The third-order valence-corrected chi connectivity index (χ3v) is 16.1. The maximum absolute atomic E-state index is 12.9. The number of cyclic esters (lactones) is 1. The largest absolute Gasteiger partial charge is 0.444 e. The number of aromatic nitrogens is 6. The number of hydrogen-bond donors (Lipinski definition) is 3. The fourth-order valence-electron chi connectivity index (χ4n) is 11.1. The molecule has 0 spiro atoms. The number of anilines is 4. The van der Waals surface area contributed by atoms with E-state index in [4.69, 9.17) is 47.9 Å². The Balaban J connectivity index is 0.589. The molecule has 9 rings (SSSR count). The van der Waals surface area contributed by atoms with Crippen molar-refractivity contribution >= 4 is 41.2 Å². The van der Waals surface area contributed by atoms with Gasteiger partial charge in [0.1, 0.15) is 29.7 Å². The van der Waals surface area contributed by atoms with Crippen LogP contribution in [0.15, 0.2) is 65.8 Å². The van der Waals surface area contributed by atoms with Crippen LogP contribution in [-0.2, 0) is 64.0 Å². The lowest BCUT2D eigenvalue weighted by molar-refractivity contribution is -0.0167. The number of fused-ring (bicyclic) bond motifs is 2. The van der Waals surface area contributed by atoms with Crippen LogP contribution in [0, 0.1) is 5.92 Å². The molecule has 1 saturated carbocycles. The zero-order chi connectivity index (χ0) is 61.0. The highest BCUT2D eigenvalue weighted by Crippen LogP contribution is 2.41. The van der Waals surface area contributed by atoms with Crippen LogP contribution in [0.2, 0.25) is 0 Å². The van der Waals surface area contributed by atoms with Crippen molar-refractivity contribution in [3.8, 4) is 0 Å². The summed E-state index contributed by atoms with van der Waals surface area (Å²) in [5.41, 5.74) is 5.31. The molecule has 0 unspecified atom stereocenters. The summed E-state index contributed by atoms with van der Waals surface area (Å²) in [4.78, 5) is 60.9. The Morgan fingerprint density at radius 1 is 0.782 bits per heavy atom.